The summed E-state index contributed by atoms with van der Waals surface area (Å²) < 4.78 is 0. The number of carbonyl (C=O) groups is 2. The molecule has 0 spiro atoms. The first-order valence-electron chi connectivity index (χ1n) is 6.61. The largest absolute Gasteiger partial charge is 0.346 e. The van der Waals surface area contributed by atoms with E-state index < -0.39 is 5.97 Å². The smallest absolute Gasteiger partial charge is 0.298 e. The van der Waals surface area contributed by atoms with Gasteiger partial charge in [0.15, 0.2) is 12.4 Å². The van der Waals surface area contributed by atoms with Crippen molar-refractivity contribution < 1.29 is 19.4 Å². The summed E-state index contributed by atoms with van der Waals surface area (Å²) in [4.78, 5) is 32.6. The molecule has 21 heavy (non-hydrogen) atoms. The highest BCUT2D eigenvalue weighted by Gasteiger charge is 2.09. The summed E-state index contributed by atoms with van der Waals surface area (Å²) in [7, 11) is 0. The molecule has 4 heteroatoms. The van der Waals surface area contributed by atoms with Crippen molar-refractivity contribution in [1.29, 1.82) is 0 Å². The summed E-state index contributed by atoms with van der Waals surface area (Å²) in [6.45, 7) is 1.68. The van der Waals surface area contributed by atoms with Crippen molar-refractivity contribution in [3.8, 4) is 0 Å². The van der Waals surface area contributed by atoms with Crippen molar-refractivity contribution in [2.24, 2.45) is 0 Å². The minimum absolute atomic E-state index is 0.111. The van der Waals surface area contributed by atoms with E-state index in [1.807, 2.05) is 37.3 Å². The fourth-order valence-corrected chi connectivity index (χ4v) is 1.76. The van der Waals surface area contributed by atoms with Gasteiger partial charge in [-0.05, 0) is 12.5 Å². The molecule has 2 aromatic carbocycles. The highest BCUT2D eigenvalue weighted by atomic mass is 17.2. The van der Waals surface area contributed by atoms with E-state index in [9.17, 15) is 9.59 Å². The molecule has 108 valence electrons. The van der Waals surface area contributed by atoms with Crippen LogP contribution in [0.15, 0.2) is 54.6 Å². The molecule has 0 aromatic heterocycles. The summed E-state index contributed by atoms with van der Waals surface area (Å²) in [6, 6.07) is 16.2. The van der Waals surface area contributed by atoms with E-state index >= 15 is 0 Å². The summed E-state index contributed by atoms with van der Waals surface area (Å²) in [6.07, 6.45) is 0.111. The zero-order valence-corrected chi connectivity index (χ0v) is 11.7. The zero-order valence-electron chi connectivity index (χ0n) is 11.7. The van der Waals surface area contributed by atoms with Gasteiger partial charge in [-0.25, -0.2) is 4.79 Å². The first kappa shape index (κ1) is 14.9. The number of carbonyl (C=O) groups excluding carboxylic acids is 2. The van der Waals surface area contributed by atoms with Crippen LogP contribution in [0.25, 0.3) is 0 Å². The van der Waals surface area contributed by atoms with Crippen molar-refractivity contribution in [3.63, 3.8) is 0 Å². The summed E-state index contributed by atoms with van der Waals surface area (Å²) >= 11 is 0. The maximum Gasteiger partial charge on any atom is 0.346 e. The van der Waals surface area contributed by atoms with Crippen molar-refractivity contribution in [2.75, 3.05) is 6.61 Å². The fourth-order valence-electron chi connectivity index (χ4n) is 1.76. The Kier molecular flexibility index (Phi) is 5.23. The Morgan fingerprint density at radius 1 is 0.952 bits per heavy atom. The van der Waals surface area contributed by atoms with E-state index in [1.165, 1.54) is 0 Å². The second-order valence-electron chi connectivity index (χ2n) is 4.67. The molecule has 0 saturated carbocycles. The number of hydrogen-bond acceptors (Lipinski definition) is 4. The van der Waals surface area contributed by atoms with Gasteiger partial charge in [-0.3, -0.25) is 9.68 Å². The Morgan fingerprint density at radius 3 is 2.29 bits per heavy atom. The van der Waals surface area contributed by atoms with Crippen LogP contribution in [0.3, 0.4) is 0 Å². The fraction of sp³-hybridized carbons (Fsp3) is 0.176. The molecule has 0 radical (unpaired) electrons. The van der Waals surface area contributed by atoms with Crippen LogP contribution in [-0.4, -0.2) is 18.4 Å². The molecule has 0 heterocycles. The Morgan fingerprint density at radius 2 is 1.62 bits per heavy atom. The predicted octanol–water partition coefficient (Wildman–Crippen LogP) is 2.90. The summed E-state index contributed by atoms with van der Waals surface area (Å²) in [5.41, 5.74) is 2.48. The van der Waals surface area contributed by atoms with Gasteiger partial charge in [0.05, 0.1) is 6.42 Å². The summed E-state index contributed by atoms with van der Waals surface area (Å²) in [5.74, 6) is -0.765. The minimum atomic E-state index is -0.528. The van der Waals surface area contributed by atoms with Crippen LogP contribution in [-0.2, 0) is 21.0 Å². The molecule has 0 unspecified atom stereocenters. The predicted molar refractivity (Wildman–Crippen MR) is 77.7 cm³/mol. The quantitative estimate of drug-likeness (QED) is 0.465. The van der Waals surface area contributed by atoms with Gasteiger partial charge in [-0.15, -0.1) is 0 Å². The van der Waals surface area contributed by atoms with E-state index in [1.54, 1.807) is 24.3 Å². The summed E-state index contributed by atoms with van der Waals surface area (Å²) in [5, 5.41) is 0. The zero-order chi connectivity index (χ0) is 15.1. The first-order chi connectivity index (χ1) is 10.1. The van der Waals surface area contributed by atoms with Gasteiger partial charge in [-0.2, -0.15) is 4.89 Å². The monoisotopic (exact) mass is 284 g/mol. The van der Waals surface area contributed by atoms with Gasteiger partial charge in [-0.1, -0.05) is 60.2 Å². The standard InChI is InChI=1S/C17H16O4/c1-13-7-9-14(10-8-13)11-17(19)21-20-12-16(18)15-5-3-2-4-6-15/h2-10H,11-12H2,1H3. The van der Waals surface area contributed by atoms with Crippen LogP contribution in [0, 0.1) is 6.92 Å². The molecule has 2 rings (SSSR count). The number of Topliss-reactive ketones (excluding diaryl/α,β-unsaturated/α-hetero) is 1. The lowest BCUT2D eigenvalue weighted by Gasteiger charge is -2.04. The lowest BCUT2D eigenvalue weighted by atomic mass is 10.1. The van der Waals surface area contributed by atoms with Gasteiger partial charge < -0.3 is 0 Å². The number of benzene rings is 2. The van der Waals surface area contributed by atoms with Gasteiger partial charge in [0.25, 0.3) is 0 Å². The molecule has 0 aliphatic carbocycles. The number of ketones is 1. The molecule has 0 saturated heterocycles. The molecule has 0 atom stereocenters. The normalized spacial score (nSPS) is 10.1. The van der Waals surface area contributed by atoms with Gasteiger partial charge in [0.1, 0.15) is 0 Å². The molecule has 0 bridgehead atoms. The van der Waals surface area contributed by atoms with E-state index in [2.05, 4.69) is 4.89 Å². The Bertz CT molecular complexity index is 602. The molecule has 0 aliphatic heterocycles. The van der Waals surface area contributed by atoms with Crippen LogP contribution < -0.4 is 0 Å². The highest BCUT2D eigenvalue weighted by molar-refractivity contribution is 5.97. The maximum atomic E-state index is 11.7. The maximum absolute atomic E-state index is 11.7. The molecule has 2 aromatic rings. The van der Waals surface area contributed by atoms with Crippen molar-refractivity contribution in [3.05, 3.63) is 71.3 Å². The van der Waals surface area contributed by atoms with Gasteiger partial charge in [0, 0.05) is 5.56 Å². The van der Waals surface area contributed by atoms with Crippen LogP contribution in [0.4, 0.5) is 0 Å². The van der Waals surface area contributed by atoms with Crippen molar-refractivity contribution in [2.45, 2.75) is 13.3 Å². The van der Waals surface area contributed by atoms with Crippen LogP contribution in [0.1, 0.15) is 21.5 Å². The third kappa shape index (κ3) is 4.85. The number of hydrogen-bond donors (Lipinski definition) is 0. The van der Waals surface area contributed by atoms with Crippen molar-refractivity contribution >= 4 is 11.8 Å². The minimum Gasteiger partial charge on any atom is -0.298 e. The number of rotatable bonds is 6. The van der Waals surface area contributed by atoms with Gasteiger partial charge in [0.2, 0.25) is 0 Å². The molecule has 0 fully saturated rings. The topological polar surface area (TPSA) is 52.6 Å². The lowest BCUT2D eigenvalue weighted by Crippen LogP contribution is -2.14. The Labute approximate surface area is 123 Å². The van der Waals surface area contributed by atoms with E-state index in [4.69, 9.17) is 4.89 Å². The van der Waals surface area contributed by atoms with Crippen LogP contribution in [0.2, 0.25) is 0 Å². The highest BCUT2D eigenvalue weighted by Crippen LogP contribution is 2.05. The first-order valence-corrected chi connectivity index (χ1v) is 6.61. The van der Waals surface area contributed by atoms with Crippen molar-refractivity contribution in [1.82, 2.24) is 0 Å². The Balaban J connectivity index is 1.74. The SMILES string of the molecule is Cc1ccc(CC(=O)OOCC(=O)c2ccccc2)cc1. The average Bonchev–Trinajstić information content (AvgIpc) is 2.50. The lowest BCUT2D eigenvalue weighted by molar-refractivity contribution is -0.263. The molecule has 4 nitrogen and oxygen atoms in total. The molecular weight excluding hydrogens is 268 g/mol. The van der Waals surface area contributed by atoms with E-state index in [0.29, 0.717) is 5.56 Å². The molecule has 0 aliphatic rings. The van der Waals surface area contributed by atoms with Crippen LogP contribution in [0.5, 0.6) is 0 Å². The third-order valence-electron chi connectivity index (χ3n) is 2.91. The average molecular weight is 284 g/mol. The Hall–Kier alpha value is -2.46. The van der Waals surface area contributed by atoms with E-state index in [-0.39, 0.29) is 18.8 Å². The number of aryl methyl sites for hydroxylation is 1. The molecule has 0 N–H and O–H groups in total. The van der Waals surface area contributed by atoms with Crippen LogP contribution >= 0.6 is 0 Å². The second kappa shape index (κ2) is 7.36. The molecular formula is C17H16O4. The van der Waals surface area contributed by atoms with E-state index in [0.717, 1.165) is 11.1 Å². The molecule has 0 amide bonds. The third-order valence-corrected chi connectivity index (χ3v) is 2.91. The second-order valence-corrected chi connectivity index (χ2v) is 4.67. The van der Waals surface area contributed by atoms with Gasteiger partial charge >= 0.3 is 5.97 Å².